The molecule has 1 unspecified atom stereocenters. The number of nitrogens with one attached hydrogen (secondary N) is 1. The van der Waals surface area contributed by atoms with Crippen LogP contribution in [0.4, 0.5) is 0 Å². The molecule has 0 heterocycles. The average Bonchev–Trinajstić information content (AvgIpc) is 2.40. The van der Waals surface area contributed by atoms with Crippen LogP contribution in [0.5, 0.6) is 0 Å². The molecule has 112 valence electrons. The van der Waals surface area contributed by atoms with Gasteiger partial charge in [0.05, 0.1) is 6.04 Å². The number of aryl methyl sites for hydroxylation is 3. The molecule has 2 heteroatoms. The highest BCUT2D eigenvalue weighted by atomic mass is 79.9. The molecule has 1 atom stereocenters. The van der Waals surface area contributed by atoms with Crippen molar-refractivity contribution >= 4 is 15.9 Å². The Bertz CT molecular complexity index is 623. The fourth-order valence-electron chi connectivity index (χ4n) is 3.16. The summed E-state index contributed by atoms with van der Waals surface area (Å²) in [5.41, 5.74) is 8.11. The molecule has 0 aliphatic carbocycles. The van der Waals surface area contributed by atoms with Gasteiger partial charge in [0.1, 0.15) is 0 Å². The van der Waals surface area contributed by atoms with E-state index in [-0.39, 0.29) is 6.04 Å². The summed E-state index contributed by atoms with van der Waals surface area (Å²) in [5, 5.41) is 3.66. The van der Waals surface area contributed by atoms with Crippen LogP contribution in [0.1, 0.15) is 46.3 Å². The smallest absolute Gasteiger partial charge is 0.0584 e. The second kappa shape index (κ2) is 6.76. The van der Waals surface area contributed by atoms with Crippen LogP contribution in [0.2, 0.25) is 0 Å². The Balaban J connectivity index is 2.62. The van der Waals surface area contributed by atoms with Gasteiger partial charge in [-0.3, -0.25) is 0 Å². The zero-order valence-electron chi connectivity index (χ0n) is 13.5. The fourth-order valence-corrected chi connectivity index (χ4v) is 3.54. The number of rotatable bonds is 4. The van der Waals surface area contributed by atoms with Crippen LogP contribution in [0.25, 0.3) is 0 Å². The Kier molecular flexibility index (Phi) is 5.23. The number of halogens is 1. The normalized spacial score (nSPS) is 12.5. The monoisotopic (exact) mass is 345 g/mol. The van der Waals surface area contributed by atoms with Gasteiger partial charge in [0, 0.05) is 4.47 Å². The zero-order valence-corrected chi connectivity index (χ0v) is 15.1. The molecule has 21 heavy (non-hydrogen) atoms. The van der Waals surface area contributed by atoms with Gasteiger partial charge in [-0.15, -0.1) is 0 Å². The Labute approximate surface area is 136 Å². The molecule has 0 aromatic heterocycles. The first kappa shape index (κ1) is 16.3. The molecule has 1 nitrogen and oxygen atoms in total. The Morgan fingerprint density at radius 2 is 1.67 bits per heavy atom. The molecular weight excluding hydrogens is 322 g/mol. The van der Waals surface area contributed by atoms with Gasteiger partial charge in [-0.1, -0.05) is 52.7 Å². The second-order valence-electron chi connectivity index (χ2n) is 5.76. The van der Waals surface area contributed by atoms with Crippen molar-refractivity contribution in [2.24, 2.45) is 0 Å². The maximum absolute atomic E-state index is 3.66. The third-order valence-corrected chi connectivity index (χ3v) is 4.91. The van der Waals surface area contributed by atoms with Gasteiger partial charge in [-0.25, -0.2) is 0 Å². The van der Waals surface area contributed by atoms with Crippen molar-refractivity contribution in [3.05, 3.63) is 68.2 Å². The molecule has 0 saturated heterocycles. The quantitative estimate of drug-likeness (QED) is 0.783. The van der Waals surface area contributed by atoms with Crippen molar-refractivity contribution in [1.29, 1.82) is 0 Å². The van der Waals surface area contributed by atoms with E-state index in [1.807, 2.05) is 0 Å². The Morgan fingerprint density at radius 1 is 1.05 bits per heavy atom. The van der Waals surface area contributed by atoms with Gasteiger partial charge in [0.2, 0.25) is 0 Å². The van der Waals surface area contributed by atoms with Gasteiger partial charge in [0.15, 0.2) is 0 Å². The van der Waals surface area contributed by atoms with E-state index in [4.69, 9.17) is 0 Å². The molecule has 2 rings (SSSR count). The van der Waals surface area contributed by atoms with E-state index in [1.54, 1.807) is 0 Å². The molecule has 2 aromatic carbocycles. The molecule has 0 amide bonds. The third-order valence-electron chi connectivity index (χ3n) is 4.06. The minimum atomic E-state index is 0.244. The first-order valence-corrected chi connectivity index (χ1v) is 8.31. The van der Waals surface area contributed by atoms with Gasteiger partial charge < -0.3 is 5.32 Å². The topological polar surface area (TPSA) is 12.0 Å². The summed E-state index contributed by atoms with van der Waals surface area (Å²) >= 11 is 3.66. The first-order valence-electron chi connectivity index (χ1n) is 7.51. The minimum absolute atomic E-state index is 0.244. The lowest BCUT2D eigenvalue weighted by Crippen LogP contribution is -2.24. The van der Waals surface area contributed by atoms with Crippen LogP contribution in [0, 0.1) is 27.7 Å². The van der Waals surface area contributed by atoms with Crippen LogP contribution in [0.15, 0.2) is 34.8 Å². The van der Waals surface area contributed by atoms with Gasteiger partial charge >= 0.3 is 0 Å². The average molecular weight is 346 g/mol. The Hall–Kier alpha value is -1.12. The summed E-state index contributed by atoms with van der Waals surface area (Å²) in [6, 6.07) is 11.3. The van der Waals surface area contributed by atoms with E-state index >= 15 is 0 Å². The molecule has 0 aliphatic heterocycles. The zero-order chi connectivity index (χ0) is 15.6. The van der Waals surface area contributed by atoms with E-state index in [1.165, 1.54) is 37.9 Å². The molecular formula is C19H24BrN. The third kappa shape index (κ3) is 3.38. The van der Waals surface area contributed by atoms with Crippen LogP contribution >= 0.6 is 15.9 Å². The summed E-state index contributed by atoms with van der Waals surface area (Å²) < 4.78 is 1.17. The van der Waals surface area contributed by atoms with E-state index in [0.29, 0.717) is 0 Å². The summed E-state index contributed by atoms with van der Waals surface area (Å²) in [5.74, 6) is 0. The second-order valence-corrected chi connectivity index (χ2v) is 6.61. The highest BCUT2D eigenvalue weighted by molar-refractivity contribution is 9.10. The van der Waals surface area contributed by atoms with Crippen molar-refractivity contribution in [1.82, 2.24) is 5.32 Å². The molecule has 0 bridgehead atoms. The molecule has 0 fully saturated rings. The summed E-state index contributed by atoms with van der Waals surface area (Å²) in [6.45, 7) is 11.9. The van der Waals surface area contributed by atoms with Gasteiger partial charge in [0.25, 0.3) is 0 Å². The van der Waals surface area contributed by atoms with Crippen molar-refractivity contribution in [3.8, 4) is 0 Å². The predicted molar refractivity (Wildman–Crippen MR) is 95.1 cm³/mol. The van der Waals surface area contributed by atoms with Crippen molar-refractivity contribution in [2.75, 3.05) is 6.54 Å². The van der Waals surface area contributed by atoms with Crippen molar-refractivity contribution in [2.45, 2.75) is 40.7 Å². The lowest BCUT2D eigenvalue weighted by atomic mass is 9.88. The van der Waals surface area contributed by atoms with E-state index in [9.17, 15) is 0 Å². The molecule has 2 aromatic rings. The SMILES string of the molecule is CCNC(c1cccc(Br)c1C)c1c(C)cc(C)cc1C. The van der Waals surface area contributed by atoms with Crippen LogP contribution in [-0.2, 0) is 0 Å². The molecule has 1 N–H and O–H groups in total. The number of hydrogen-bond acceptors (Lipinski definition) is 1. The lowest BCUT2D eigenvalue weighted by molar-refractivity contribution is 0.621. The van der Waals surface area contributed by atoms with Crippen LogP contribution in [0.3, 0.4) is 0 Å². The number of benzene rings is 2. The molecule has 0 saturated carbocycles. The maximum Gasteiger partial charge on any atom is 0.0584 e. The van der Waals surface area contributed by atoms with Crippen molar-refractivity contribution in [3.63, 3.8) is 0 Å². The standard InChI is InChI=1S/C19H24BrN/c1-6-21-19(16-8-7-9-17(20)15(16)5)18-13(3)10-12(2)11-14(18)4/h7-11,19,21H,6H2,1-5H3. The largest absolute Gasteiger partial charge is 0.307 e. The van der Waals surface area contributed by atoms with E-state index < -0.39 is 0 Å². The molecule has 0 radical (unpaired) electrons. The lowest BCUT2D eigenvalue weighted by Gasteiger charge is -2.25. The highest BCUT2D eigenvalue weighted by Crippen LogP contribution is 2.32. The van der Waals surface area contributed by atoms with E-state index in [2.05, 4.69) is 86.2 Å². The van der Waals surface area contributed by atoms with E-state index in [0.717, 1.165) is 6.54 Å². The summed E-state index contributed by atoms with van der Waals surface area (Å²) in [4.78, 5) is 0. The number of hydrogen-bond donors (Lipinski definition) is 1. The first-order chi connectivity index (χ1) is 9.95. The van der Waals surface area contributed by atoms with Crippen molar-refractivity contribution < 1.29 is 0 Å². The molecule has 0 aliphatic rings. The highest BCUT2D eigenvalue weighted by Gasteiger charge is 2.20. The Morgan fingerprint density at radius 3 is 2.24 bits per heavy atom. The summed E-state index contributed by atoms with van der Waals surface area (Å²) in [7, 11) is 0. The van der Waals surface area contributed by atoms with Gasteiger partial charge in [-0.2, -0.15) is 0 Å². The van der Waals surface area contributed by atoms with Gasteiger partial charge in [-0.05, 0) is 68.1 Å². The van der Waals surface area contributed by atoms with Crippen LogP contribution < -0.4 is 5.32 Å². The molecule has 0 spiro atoms. The predicted octanol–water partition coefficient (Wildman–Crippen LogP) is 5.38. The summed E-state index contributed by atoms with van der Waals surface area (Å²) in [6.07, 6.45) is 0. The van der Waals surface area contributed by atoms with Crippen LogP contribution in [-0.4, -0.2) is 6.54 Å². The minimum Gasteiger partial charge on any atom is -0.307 e. The fraction of sp³-hybridized carbons (Fsp3) is 0.368. The maximum atomic E-state index is 3.66.